The lowest BCUT2D eigenvalue weighted by Crippen LogP contribution is -2.52. The first-order valence-corrected chi connectivity index (χ1v) is 6.65. The average molecular weight is 253 g/mol. The molecule has 2 rings (SSSR count). The average Bonchev–Trinajstić information content (AvgIpc) is 2.60. The van der Waals surface area contributed by atoms with E-state index in [4.69, 9.17) is 0 Å². The second-order valence-corrected chi connectivity index (χ2v) is 6.62. The number of fused-ring (bicyclic) bond motifs is 1. The van der Waals surface area contributed by atoms with Crippen LogP contribution in [0.25, 0.3) is 0 Å². The lowest BCUT2D eigenvalue weighted by Gasteiger charge is -2.35. The summed E-state index contributed by atoms with van der Waals surface area (Å²) in [6.07, 6.45) is -0.0389. The van der Waals surface area contributed by atoms with Crippen LogP contribution in [0.15, 0.2) is 0 Å². The molecule has 0 aliphatic carbocycles. The number of carbonyl (C=O) groups is 1. The van der Waals surface area contributed by atoms with E-state index in [2.05, 4.69) is 49.6 Å². The van der Waals surface area contributed by atoms with Crippen molar-refractivity contribution >= 4 is 22.4 Å². The van der Waals surface area contributed by atoms with E-state index in [9.17, 15) is 4.79 Å². The van der Waals surface area contributed by atoms with Crippen LogP contribution in [0.2, 0.25) is 0 Å². The molecule has 1 aromatic rings. The Balaban J connectivity index is 2.37. The summed E-state index contributed by atoms with van der Waals surface area (Å²) in [7, 11) is 0. The van der Waals surface area contributed by atoms with Gasteiger partial charge in [0, 0.05) is 5.41 Å². The normalized spacial score (nSPS) is 19.9. The number of nitrogens with one attached hydrogen (secondary N) is 2. The number of amides is 1. The van der Waals surface area contributed by atoms with Crippen molar-refractivity contribution in [3.63, 3.8) is 0 Å². The van der Waals surface area contributed by atoms with E-state index < -0.39 is 0 Å². The summed E-state index contributed by atoms with van der Waals surface area (Å²) < 4.78 is 4.38. The Labute approximate surface area is 106 Å². The van der Waals surface area contributed by atoms with Gasteiger partial charge in [-0.05, 0) is 17.5 Å². The van der Waals surface area contributed by atoms with Gasteiger partial charge in [0.15, 0.2) is 0 Å². The minimum Gasteiger partial charge on any atom is -0.355 e. The second kappa shape index (κ2) is 3.98. The maximum Gasteiger partial charge on any atom is 0.257 e. The van der Waals surface area contributed by atoms with E-state index in [1.165, 1.54) is 11.5 Å². The van der Waals surface area contributed by atoms with Crippen LogP contribution < -0.4 is 10.6 Å². The number of anilines is 1. The van der Waals surface area contributed by atoms with Gasteiger partial charge in [0.25, 0.3) is 5.91 Å². The standard InChI is InChI=1S/C12H19N3OS/c1-6(2)8-7-9(16)13-11(12(3,4)5)14-10(7)17-15-8/h6,11,14H,1-5H3,(H,13,16)/t11-/m1/s1. The lowest BCUT2D eigenvalue weighted by molar-refractivity contribution is 0.0904. The monoisotopic (exact) mass is 253 g/mol. The predicted molar refractivity (Wildman–Crippen MR) is 70.5 cm³/mol. The van der Waals surface area contributed by atoms with Gasteiger partial charge in [0.1, 0.15) is 11.2 Å². The molecule has 1 atom stereocenters. The van der Waals surface area contributed by atoms with Gasteiger partial charge in [0.2, 0.25) is 0 Å². The van der Waals surface area contributed by atoms with Crippen molar-refractivity contribution in [2.24, 2.45) is 5.41 Å². The van der Waals surface area contributed by atoms with Crippen LogP contribution in [0.3, 0.4) is 0 Å². The molecule has 0 aromatic carbocycles. The largest absolute Gasteiger partial charge is 0.355 e. The van der Waals surface area contributed by atoms with Crippen LogP contribution in [-0.4, -0.2) is 16.4 Å². The topological polar surface area (TPSA) is 54.0 Å². The highest BCUT2D eigenvalue weighted by Crippen LogP contribution is 2.35. The van der Waals surface area contributed by atoms with Gasteiger partial charge in [-0.15, -0.1) is 0 Å². The maximum absolute atomic E-state index is 12.1. The van der Waals surface area contributed by atoms with E-state index in [-0.39, 0.29) is 23.4 Å². The van der Waals surface area contributed by atoms with Gasteiger partial charge >= 0.3 is 0 Å². The van der Waals surface area contributed by atoms with Crippen LogP contribution in [0.4, 0.5) is 5.00 Å². The van der Waals surface area contributed by atoms with E-state index in [0.717, 1.165) is 16.3 Å². The van der Waals surface area contributed by atoms with Crippen LogP contribution in [-0.2, 0) is 0 Å². The molecule has 5 heteroatoms. The summed E-state index contributed by atoms with van der Waals surface area (Å²) in [5.74, 6) is 0.268. The van der Waals surface area contributed by atoms with E-state index in [1.54, 1.807) is 0 Å². The van der Waals surface area contributed by atoms with Crippen LogP contribution in [0.1, 0.15) is 56.6 Å². The summed E-state index contributed by atoms with van der Waals surface area (Å²) in [5, 5.41) is 7.28. The minimum absolute atomic E-state index is 0.00359. The molecule has 4 nitrogen and oxygen atoms in total. The molecule has 94 valence electrons. The molecular formula is C12H19N3OS. The molecular weight excluding hydrogens is 234 g/mol. The molecule has 0 radical (unpaired) electrons. The number of carbonyl (C=O) groups excluding carboxylic acids is 1. The fraction of sp³-hybridized carbons (Fsp3) is 0.667. The van der Waals surface area contributed by atoms with Crippen LogP contribution in [0.5, 0.6) is 0 Å². The number of hydrogen-bond donors (Lipinski definition) is 2. The smallest absolute Gasteiger partial charge is 0.257 e. The number of hydrogen-bond acceptors (Lipinski definition) is 4. The molecule has 0 saturated heterocycles. The van der Waals surface area contributed by atoms with Crippen LogP contribution >= 0.6 is 11.5 Å². The first-order chi connectivity index (χ1) is 7.80. The Bertz CT molecular complexity index is 445. The third-order valence-electron chi connectivity index (χ3n) is 2.91. The minimum atomic E-state index is -0.0389. The highest BCUT2D eigenvalue weighted by atomic mass is 32.1. The maximum atomic E-state index is 12.1. The molecule has 2 heterocycles. The third kappa shape index (κ3) is 2.16. The molecule has 2 N–H and O–H groups in total. The summed E-state index contributed by atoms with van der Waals surface area (Å²) in [4.78, 5) is 12.1. The highest BCUT2D eigenvalue weighted by molar-refractivity contribution is 7.10. The number of rotatable bonds is 1. The first kappa shape index (κ1) is 12.4. The Kier molecular flexibility index (Phi) is 2.89. The predicted octanol–water partition coefficient (Wildman–Crippen LogP) is 2.79. The molecule has 0 spiro atoms. The van der Waals surface area contributed by atoms with Crippen molar-refractivity contribution in [1.82, 2.24) is 9.69 Å². The van der Waals surface area contributed by atoms with Gasteiger partial charge in [-0.3, -0.25) is 4.79 Å². The van der Waals surface area contributed by atoms with Gasteiger partial charge in [0.05, 0.1) is 11.3 Å². The fourth-order valence-electron chi connectivity index (χ4n) is 1.82. The Morgan fingerprint density at radius 1 is 1.29 bits per heavy atom. The molecule has 1 aliphatic heterocycles. The summed E-state index contributed by atoms with van der Waals surface area (Å²) in [6.45, 7) is 10.4. The van der Waals surface area contributed by atoms with E-state index in [1.807, 2.05) is 0 Å². The van der Waals surface area contributed by atoms with Gasteiger partial charge in [-0.1, -0.05) is 34.6 Å². The van der Waals surface area contributed by atoms with Crippen molar-refractivity contribution in [3.05, 3.63) is 11.3 Å². The summed E-state index contributed by atoms with van der Waals surface area (Å²) in [6, 6.07) is 0. The van der Waals surface area contributed by atoms with E-state index in [0.29, 0.717) is 0 Å². The molecule has 0 bridgehead atoms. The molecule has 0 unspecified atom stereocenters. The van der Waals surface area contributed by atoms with Crippen molar-refractivity contribution in [2.45, 2.75) is 46.7 Å². The summed E-state index contributed by atoms with van der Waals surface area (Å²) >= 11 is 1.38. The lowest BCUT2D eigenvalue weighted by atomic mass is 9.90. The summed E-state index contributed by atoms with van der Waals surface area (Å²) in [5.41, 5.74) is 1.60. The molecule has 0 fully saturated rings. The van der Waals surface area contributed by atoms with Crippen molar-refractivity contribution < 1.29 is 4.79 Å². The highest BCUT2D eigenvalue weighted by Gasteiger charge is 2.35. The SMILES string of the molecule is CC(C)c1nsc2c1C(=O)N[C@@H](C(C)(C)C)N2. The molecule has 1 aromatic heterocycles. The second-order valence-electron chi connectivity index (χ2n) is 5.84. The molecule has 1 amide bonds. The van der Waals surface area contributed by atoms with Gasteiger partial charge < -0.3 is 10.6 Å². The zero-order valence-electron chi connectivity index (χ0n) is 10.9. The van der Waals surface area contributed by atoms with E-state index >= 15 is 0 Å². The Morgan fingerprint density at radius 2 is 1.94 bits per heavy atom. The van der Waals surface area contributed by atoms with Gasteiger partial charge in [-0.2, -0.15) is 4.37 Å². The van der Waals surface area contributed by atoms with Gasteiger partial charge in [-0.25, -0.2) is 0 Å². The Morgan fingerprint density at radius 3 is 2.47 bits per heavy atom. The molecule has 0 saturated carbocycles. The van der Waals surface area contributed by atoms with Crippen molar-refractivity contribution in [1.29, 1.82) is 0 Å². The molecule has 17 heavy (non-hydrogen) atoms. The first-order valence-electron chi connectivity index (χ1n) is 5.87. The van der Waals surface area contributed by atoms with Crippen molar-refractivity contribution in [3.8, 4) is 0 Å². The number of aromatic nitrogens is 1. The molecule has 1 aliphatic rings. The number of nitrogens with zero attached hydrogens (tertiary/aromatic N) is 1. The Hall–Kier alpha value is -1.10. The van der Waals surface area contributed by atoms with Crippen LogP contribution in [0, 0.1) is 5.41 Å². The quantitative estimate of drug-likeness (QED) is 0.809. The fourth-order valence-corrected chi connectivity index (χ4v) is 2.77. The zero-order valence-corrected chi connectivity index (χ0v) is 11.7. The third-order valence-corrected chi connectivity index (χ3v) is 3.70. The zero-order chi connectivity index (χ0) is 12.8. The van der Waals surface area contributed by atoms with Crippen molar-refractivity contribution in [2.75, 3.05) is 5.32 Å².